The van der Waals surface area contributed by atoms with Crippen LogP contribution < -0.4 is 5.41 Å². The first-order chi connectivity index (χ1) is 10.8. The number of likely N-dealkylation sites (tertiary alicyclic amines) is 1. The van der Waals surface area contributed by atoms with Gasteiger partial charge in [0.2, 0.25) is 4.62 Å². The molecule has 1 aliphatic heterocycles. The number of nitrogens with zero attached hydrogens (tertiary/aromatic N) is 3. The monoisotopic (exact) mass is 381 g/mol. The standard InChI is InChI=1S/C16H21BrN4O2/c1-16(2,3)23-15(22)21-8-4-5-11(10-21)20-13-6-7-19-9-12(13)14(17)18/h6-7,9,18H,4-5,8,10H2,1-3H3/p+1. The van der Waals surface area contributed by atoms with Crippen molar-refractivity contribution >= 4 is 38.0 Å². The van der Waals surface area contributed by atoms with E-state index in [1.54, 1.807) is 17.3 Å². The van der Waals surface area contributed by atoms with Crippen molar-refractivity contribution in [1.82, 2.24) is 9.88 Å². The van der Waals surface area contributed by atoms with Gasteiger partial charge in [-0.2, -0.15) is 0 Å². The van der Waals surface area contributed by atoms with Crippen molar-refractivity contribution in [3.8, 4) is 0 Å². The summed E-state index contributed by atoms with van der Waals surface area (Å²) in [6.45, 7) is 6.74. The number of aromatic nitrogens is 1. The molecule has 2 rings (SSSR count). The SMILES string of the molecule is CC(C)(C)OC(=O)N1CCCC(=Nc2ccncc2C(=[NH2+])Br)C1. The van der Waals surface area contributed by atoms with Crippen LogP contribution in [0.4, 0.5) is 10.5 Å². The van der Waals surface area contributed by atoms with E-state index in [0.717, 1.165) is 29.8 Å². The van der Waals surface area contributed by atoms with Crippen LogP contribution in [0.2, 0.25) is 0 Å². The van der Waals surface area contributed by atoms with Crippen LogP contribution in [-0.4, -0.2) is 45.0 Å². The zero-order valence-electron chi connectivity index (χ0n) is 13.7. The van der Waals surface area contributed by atoms with Crippen molar-refractivity contribution in [2.24, 2.45) is 4.99 Å². The number of carbonyl (C=O) groups is 1. The van der Waals surface area contributed by atoms with E-state index in [-0.39, 0.29) is 6.09 Å². The minimum Gasteiger partial charge on any atom is -0.444 e. The van der Waals surface area contributed by atoms with Crippen molar-refractivity contribution < 1.29 is 14.9 Å². The summed E-state index contributed by atoms with van der Waals surface area (Å²) in [5, 5.41) is 5.80. The summed E-state index contributed by atoms with van der Waals surface area (Å²) in [5.41, 5.74) is 1.93. The largest absolute Gasteiger partial charge is 0.444 e. The summed E-state index contributed by atoms with van der Waals surface area (Å²) in [4.78, 5) is 22.6. The number of piperidine rings is 1. The first-order valence-corrected chi connectivity index (χ1v) is 8.32. The van der Waals surface area contributed by atoms with Gasteiger partial charge >= 0.3 is 6.09 Å². The van der Waals surface area contributed by atoms with Crippen LogP contribution in [0.1, 0.15) is 39.2 Å². The molecule has 23 heavy (non-hydrogen) atoms. The molecule has 0 saturated carbocycles. The molecule has 1 aromatic heterocycles. The number of ether oxygens (including phenoxy) is 1. The molecule has 0 atom stereocenters. The third-order valence-electron chi connectivity index (χ3n) is 3.25. The molecule has 1 aliphatic rings. The summed E-state index contributed by atoms with van der Waals surface area (Å²) in [6.07, 6.45) is 4.76. The van der Waals surface area contributed by atoms with E-state index in [0.29, 0.717) is 17.7 Å². The lowest BCUT2D eigenvalue weighted by Crippen LogP contribution is -2.43. The number of nitrogens with two attached hydrogens (primary N) is 1. The second-order valence-electron chi connectivity index (χ2n) is 6.42. The van der Waals surface area contributed by atoms with Crippen molar-refractivity contribution in [2.75, 3.05) is 13.1 Å². The van der Waals surface area contributed by atoms with Gasteiger partial charge in [-0.15, -0.1) is 0 Å². The number of hydrogen-bond donors (Lipinski definition) is 1. The number of amides is 1. The molecule has 6 nitrogen and oxygen atoms in total. The fraction of sp³-hybridized carbons (Fsp3) is 0.500. The minimum absolute atomic E-state index is 0.300. The van der Waals surface area contributed by atoms with Gasteiger partial charge in [0.15, 0.2) is 0 Å². The fourth-order valence-corrected chi connectivity index (χ4v) is 2.57. The second-order valence-corrected chi connectivity index (χ2v) is 7.28. The molecule has 2 N–H and O–H groups in total. The molecular formula is C16H22BrN4O2+. The molecule has 1 fully saturated rings. The van der Waals surface area contributed by atoms with E-state index < -0.39 is 5.60 Å². The predicted octanol–water partition coefficient (Wildman–Crippen LogP) is 2.09. The number of aliphatic imine (C=N–C) groups is 1. The topological polar surface area (TPSA) is 80.4 Å². The van der Waals surface area contributed by atoms with Gasteiger partial charge in [-0.05, 0) is 39.7 Å². The fourth-order valence-electron chi connectivity index (χ4n) is 2.26. The molecule has 7 heteroatoms. The molecule has 1 aromatic rings. The Morgan fingerprint density at radius 2 is 2.22 bits per heavy atom. The van der Waals surface area contributed by atoms with Gasteiger partial charge in [0.1, 0.15) is 5.60 Å². The summed E-state index contributed by atoms with van der Waals surface area (Å²) >= 11 is 3.27. The highest BCUT2D eigenvalue weighted by molar-refractivity contribution is 9.18. The predicted molar refractivity (Wildman–Crippen MR) is 93.3 cm³/mol. The molecular weight excluding hydrogens is 360 g/mol. The third-order valence-corrected chi connectivity index (χ3v) is 3.68. The maximum absolute atomic E-state index is 12.2. The summed E-state index contributed by atoms with van der Waals surface area (Å²) in [7, 11) is 0. The number of halogens is 1. The molecule has 1 amide bonds. The van der Waals surface area contributed by atoms with Crippen LogP contribution in [0.15, 0.2) is 23.5 Å². The van der Waals surface area contributed by atoms with Crippen molar-refractivity contribution in [2.45, 2.75) is 39.2 Å². The first-order valence-electron chi connectivity index (χ1n) is 7.53. The van der Waals surface area contributed by atoms with Crippen molar-refractivity contribution in [3.05, 3.63) is 24.0 Å². The Bertz CT molecular complexity index is 637. The molecule has 0 spiro atoms. The average Bonchev–Trinajstić information content (AvgIpc) is 2.46. The number of rotatable bonds is 2. The second kappa shape index (κ2) is 7.21. The van der Waals surface area contributed by atoms with Crippen molar-refractivity contribution in [1.29, 1.82) is 0 Å². The normalized spacial score (nSPS) is 17.2. The molecule has 0 bridgehead atoms. The van der Waals surface area contributed by atoms with Gasteiger partial charge in [0.05, 0.1) is 17.8 Å². The Balaban J connectivity index is 2.15. The summed E-state index contributed by atoms with van der Waals surface area (Å²) in [5.74, 6) is 0. The maximum atomic E-state index is 12.2. The molecule has 0 aromatic carbocycles. The van der Waals surface area contributed by atoms with E-state index in [1.165, 1.54) is 0 Å². The van der Waals surface area contributed by atoms with Gasteiger partial charge < -0.3 is 9.64 Å². The highest BCUT2D eigenvalue weighted by Crippen LogP contribution is 2.22. The number of hydrogen-bond acceptors (Lipinski definition) is 4. The Kier molecular flexibility index (Phi) is 5.51. The Hall–Kier alpha value is -1.76. The van der Waals surface area contributed by atoms with Gasteiger partial charge in [0, 0.05) is 40.6 Å². The van der Waals surface area contributed by atoms with E-state index in [2.05, 4.69) is 25.9 Å². The van der Waals surface area contributed by atoms with Gasteiger partial charge in [0.25, 0.3) is 0 Å². The lowest BCUT2D eigenvalue weighted by Gasteiger charge is -2.30. The first kappa shape index (κ1) is 17.6. The molecule has 0 radical (unpaired) electrons. The number of carbonyl (C=O) groups excluding carboxylic acids is 1. The molecule has 0 unspecified atom stereocenters. The summed E-state index contributed by atoms with van der Waals surface area (Å²) in [6, 6.07) is 1.81. The smallest absolute Gasteiger partial charge is 0.410 e. The quantitative estimate of drug-likeness (QED) is 0.796. The molecule has 0 aliphatic carbocycles. The zero-order chi connectivity index (χ0) is 17.0. The van der Waals surface area contributed by atoms with Crippen molar-refractivity contribution in [3.63, 3.8) is 0 Å². The van der Waals surface area contributed by atoms with Crippen LogP contribution in [0.25, 0.3) is 0 Å². The molecule has 2 heterocycles. The Morgan fingerprint density at radius 1 is 1.48 bits per heavy atom. The Morgan fingerprint density at radius 3 is 2.87 bits per heavy atom. The van der Waals surface area contributed by atoms with E-state index in [4.69, 9.17) is 10.1 Å². The summed E-state index contributed by atoms with van der Waals surface area (Å²) < 4.78 is 5.92. The van der Waals surface area contributed by atoms with Gasteiger partial charge in [-0.3, -0.25) is 9.98 Å². The van der Waals surface area contributed by atoms with Gasteiger partial charge in [-0.25, -0.2) is 10.2 Å². The average molecular weight is 382 g/mol. The van der Waals surface area contributed by atoms with Crippen LogP contribution >= 0.6 is 15.9 Å². The maximum Gasteiger partial charge on any atom is 0.410 e. The number of pyridine rings is 1. The molecule has 124 valence electrons. The van der Waals surface area contributed by atoms with Crippen LogP contribution in [-0.2, 0) is 4.74 Å². The van der Waals surface area contributed by atoms with E-state index in [1.807, 2.05) is 26.8 Å². The highest BCUT2D eigenvalue weighted by Gasteiger charge is 2.25. The molecule has 1 saturated heterocycles. The van der Waals surface area contributed by atoms with E-state index >= 15 is 0 Å². The van der Waals surface area contributed by atoms with Gasteiger partial charge in [-0.1, -0.05) is 0 Å². The lowest BCUT2D eigenvalue weighted by atomic mass is 10.1. The van der Waals surface area contributed by atoms with Crippen LogP contribution in [0, 0.1) is 0 Å². The Labute approximate surface area is 144 Å². The highest BCUT2D eigenvalue weighted by atomic mass is 79.9. The lowest BCUT2D eigenvalue weighted by molar-refractivity contribution is -0.106. The van der Waals surface area contributed by atoms with Crippen LogP contribution in [0.3, 0.4) is 0 Å². The van der Waals surface area contributed by atoms with Crippen LogP contribution in [0.5, 0.6) is 0 Å². The zero-order valence-corrected chi connectivity index (χ0v) is 15.3. The van der Waals surface area contributed by atoms with E-state index in [9.17, 15) is 4.79 Å². The third kappa shape index (κ3) is 5.13. The minimum atomic E-state index is -0.497.